The van der Waals surface area contributed by atoms with Crippen LogP contribution in [-0.2, 0) is 16.3 Å². The molecule has 0 aromatic heterocycles. The van der Waals surface area contributed by atoms with E-state index in [0.717, 1.165) is 64.5 Å². The maximum atomic E-state index is 13.0. The number of rotatable bonds is 17. The third-order valence-electron chi connectivity index (χ3n) is 8.16. The number of sulfone groups is 1. The first-order valence-electron chi connectivity index (χ1n) is 15.3. The van der Waals surface area contributed by atoms with Gasteiger partial charge in [0, 0.05) is 6.42 Å². The fourth-order valence-electron chi connectivity index (χ4n) is 5.78. The summed E-state index contributed by atoms with van der Waals surface area (Å²) in [6, 6.07) is 16.2. The van der Waals surface area contributed by atoms with Gasteiger partial charge < -0.3 is 10.0 Å². The van der Waals surface area contributed by atoms with Crippen LogP contribution in [0, 0.1) is 0 Å². The van der Waals surface area contributed by atoms with E-state index in [1.165, 1.54) is 27.8 Å². The molecule has 2 aromatic carbocycles. The Labute approximate surface area is 252 Å². The minimum absolute atomic E-state index is 0.223. The van der Waals surface area contributed by atoms with Crippen LogP contribution in [0.15, 0.2) is 48.5 Å². The molecule has 240 valence electrons. The first-order chi connectivity index (χ1) is 20.3. The highest BCUT2D eigenvalue weighted by molar-refractivity contribution is 7.91. The van der Waals surface area contributed by atoms with Crippen molar-refractivity contribution in [2.45, 2.75) is 89.7 Å². The van der Waals surface area contributed by atoms with Gasteiger partial charge in [-0.25, -0.2) is 8.42 Å². The average molecular weight is 630 g/mol. The fraction of sp³-hybridized carbons (Fsp3) is 0.576. The van der Waals surface area contributed by atoms with Crippen molar-refractivity contribution in [1.29, 1.82) is 0 Å². The summed E-state index contributed by atoms with van der Waals surface area (Å²) in [6.07, 6.45) is 0.406. The second kappa shape index (κ2) is 16.0. The monoisotopic (exact) mass is 629 g/mol. The fourth-order valence-corrected chi connectivity index (χ4v) is 7.14. The number of benzene rings is 2. The Kier molecular flexibility index (Phi) is 13.1. The first kappa shape index (κ1) is 35.0. The molecular formula is C33H44F5NO3S. The normalized spacial score (nSPS) is 14.7. The zero-order valence-electron chi connectivity index (χ0n) is 24.9. The molecule has 0 unspecified atom stereocenters. The van der Waals surface area contributed by atoms with Gasteiger partial charge in [-0.15, -0.1) is 0 Å². The molecule has 0 heterocycles. The van der Waals surface area contributed by atoms with E-state index in [9.17, 15) is 35.5 Å². The maximum absolute atomic E-state index is 13.0. The van der Waals surface area contributed by atoms with E-state index in [2.05, 4.69) is 29.2 Å². The number of halogens is 5. The molecule has 3 rings (SSSR count). The van der Waals surface area contributed by atoms with Gasteiger partial charge in [-0.2, -0.15) is 22.0 Å². The number of fused-ring (bicyclic) bond motifs is 1. The van der Waals surface area contributed by atoms with Crippen LogP contribution < -0.4 is 0 Å². The molecule has 0 aliphatic heterocycles. The van der Waals surface area contributed by atoms with Gasteiger partial charge in [0.25, 0.3) is 0 Å². The van der Waals surface area contributed by atoms with Crippen LogP contribution in [0.3, 0.4) is 0 Å². The number of allylic oxidation sites excluding steroid dienone is 2. The van der Waals surface area contributed by atoms with E-state index in [4.69, 9.17) is 0 Å². The van der Waals surface area contributed by atoms with Crippen LogP contribution in [0.4, 0.5) is 22.0 Å². The molecule has 0 radical (unpaired) electrons. The van der Waals surface area contributed by atoms with Gasteiger partial charge in [0.05, 0.1) is 11.5 Å². The van der Waals surface area contributed by atoms with E-state index in [1.54, 1.807) is 6.07 Å². The maximum Gasteiger partial charge on any atom is 0.453 e. The van der Waals surface area contributed by atoms with Gasteiger partial charge in [-0.05, 0) is 111 Å². The summed E-state index contributed by atoms with van der Waals surface area (Å²) < 4.78 is 87.3. The number of unbranched alkanes of at least 4 members (excludes halogenated alkanes) is 3. The minimum atomic E-state index is -5.66. The van der Waals surface area contributed by atoms with Crippen LogP contribution in [0.2, 0.25) is 0 Å². The van der Waals surface area contributed by atoms with Crippen LogP contribution in [-0.4, -0.2) is 61.7 Å². The lowest BCUT2D eigenvalue weighted by Crippen LogP contribution is -2.36. The Morgan fingerprint density at radius 3 is 2.21 bits per heavy atom. The molecule has 0 fully saturated rings. The third kappa shape index (κ3) is 10.9. The standard InChI is InChI=1S/C33H44F5NO3S/c1-2-39(22-12-24-43(41,42)23-11-20-32(34,35)33(36,37)38)21-9-4-3-8-16-31-29(26-13-6-5-7-14-26)17-10-15-27-25-28(40)18-19-30(27)31/h5-7,13-14,18-19,25,40H,2-4,8-12,15-17,20-24H2,1H3. The van der Waals surface area contributed by atoms with Crippen molar-refractivity contribution in [1.82, 2.24) is 4.90 Å². The molecule has 10 heteroatoms. The molecule has 1 N–H and O–H groups in total. The number of hydrogen-bond acceptors (Lipinski definition) is 4. The molecule has 0 bridgehead atoms. The van der Waals surface area contributed by atoms with Crippen molar-refractivity contribution < 1.29 is 35.5 Å². The summed E-state index contributed by atoms with van der Waals surface area (Å²) in [4.78, 5) is 2.15. The molecule has 0 amide bonds. The minimum Gasteiger partial charge on any atom is -0.508 e. The van der Waals surface area contributed by atoms with Gasteiger partial charge in [0.15, 0.2) is 0 Å². The van der Waals surface area contributed by atoms with Crippen LogP contribution >= 0.6 is 0 Å². The molecule has 2 aromatic rings. The lowest BCUT2D eigenvalue weighted by atomic mass is 9.89. The summed E-state index contributed by atoms with van der Waals surface area (Å²) in [6.45, 7) is 4.08. The average Bonchev–Trinajstić information content (AvgIpc) is 3.12. The number of nitrogens with zero attached hydrogens (tertiary/aromatic N) is 1. The number of aromatic hydroxyl groups is 1. The largest absolute Gasteiger partial charge is 0.508 e. The summed E-state index contributed by atoms with van der Waals surface area (Å²) in [5.74, 6) is -5.46. The lowest BCUT2D eigenvalue weighted by Gasteiger charge is -2.21. The molecule has 1 aliphatic carbocycles. The Morgan fingerprint density at radius 1 is 0.837 bits per heavy atom. The van der Waals surface area contributed by atoms with Gasteiger partial charge >= 0.3 is 12.1 Å². The van der Waals surface area contributed by atoms with Gasteiger partial charge in [-0.3, -0.25) is 0 Å². The van der Waals surface area contributed by atoms with Crippen LogP contribution in [0.1, 0.15) is 87.8 Å². The number of phenols is 1. The second-order valence-electron chi connectivity index (χ2n) is 11.4. The predicted molar refractivity (Wildman–Crippen MR) is 163 cm³/mol. The summed E-state index contributed by atoms with van der Waals surface area (Å²) in [5.41, 5.74) is 6.41. The van der Waals surface area contributed by atoms with Gasteiger partial charge in [0.2, 0.25) is 0 Å². The van der Waals surface area contributed by atoms with Crippen molar-refractivity contribution in [3.63, 3.8) is 0 Å². The van der Waals surface area contributed by atoms with E-state index >= 15 is 0 Å². The van der Waals surface area contributed by atoms with Crippen molar-refractivity contribution in [3.8, 4) is 5.75 Å². The molecule has 0 atom stereocenters. The van der Waals surface area contributed by atoms with E-state index < -0.39 is 40.5 Å². The van der Waals surface area contributed by atoms with Crippen molar-refractivity contribution in [2.24, 2.45) is 0 Å². The molecule has 43 heavy (non-hydrogen) atoms. The summed E-state index contributed by atoms with van der Waals surface area (Å²) in [5, 5.41) is 10.1. The van der Waals surface area contributed by atoms with Crippen LogP contribution in [0.5, 0.6) is 5.75 Å². The van der Waals surface area contributed by atoms with E-state index in [1.807, 2.05) is 25.1 Å². The smallest absolute Gasteiger partial charge is 0.453 e. The SMILES string of the molecule is CCN(CCCCCCC1=C(c2ccccc2)CCCc2cc(O)ccc21)CCCS(=O)(=O)CCCC(F)(F)C(F)(F)F. The number of phenolic OH excluding ortho intramolecular Hbond substituents is 1. The van der Waals surface area contributed by atoms with Crippen molar-refractivity contribution in [3.05, 3.63) is 65.2 Å². The van der Waals surface area contributed by atoms with E-state index in [0.29, 0.717) is 18.7 Å². The Morgan fingerprint density at radius 2 is 1.51 bits per heavy atom. The zero-order chi connectivity index (χ0) is 31.5. The third-order valence-corrected chi connectivity index (χ3v) is 9.98. The molecule has 1 aliphatic rings. The summed E-state index contributed by atoms with van der Waals surface area (Å²) >= 11 is 0. The van der Waals surface area contributed by atoms with Crippen LogP contribution in [0.25, 0.3) is 11.1 Å². The molecule has 0 spiro atoms. The molecule has 0 saturated carbocycles. The predicted octanol–water partition coefficient (Wildman–Crippen LogP) is 8.69. The Hall–Kier alpha value is -2.46. The van der Waals surface area contributed by atoms with Gasteiger partial charge in [0.1, 0.15) is 15.6 Å². The summed E-state index contributed by atoms with van der Waals surface area (Å²) in [7, 11) is -3.69. The van der Waals surface area contributed by atoms with Crippen molar-refractivity contribution in [2.75, 3.05) is 31.1 Å². The highest BCUT2D eigenvalue weighted by Gasteiger charge is 2.56. The van der Waals surface area contributed by atoms with Crippen molar-refractivity contribution >= 4 is 21.0 Å². The molecule has 0 saturated heterocycles. The lowest BCUT2D eigenvalue weighted by molar-refractivity contribution is -0.284. The number of alkyl halides is 5. The van der Waals surface area contributed by atoms with E-state index in [-0.39, 0.29) is 5.75 Å². The first-order valence-corrected chi connectivity index (χ1v) is 17.1. The van der Waals surface area contributed by atoms with Gasteiger partial charge in [-0.1, -0.05) is 56.2 Å². The number of aryl methyl sites for hydroxylation is 1. The highest BCUT2D eigenvalue weighted by Crippen LogP contribution is 2.40. The Balaban J connectivity index is 1.43. The highest BCUT2D eigenvalue weighted by atomic mass is 32.2. The molecule has 4 nitrogen and oxygen atoms in total. The second-order valence-corrected chi connectivity index (χ2v) is 13.7. The Bertz CT molecular complexity index is 1290. The zero-order valence-corrected chi connectivity index (χ0v) is 25.8. The topological polar surface area (TPSA) is 57.6 Å². The number of hydrogen-bond donors (Lipinski definition) is 1. The quantitative estimate of drug-likeness (QED) is 0.141. The molecular weight excluding hydrogens is 585 g/mol.